The fraction of sp³-hybridized carbons (Fsp3) is 0.556. The number of carbonyl (C=O) groups is 2. The summed E-state index contributed by atoms with van der Waals surface area (Å²) in [6.45, 7) is 10.0. The maximum atomic E-state index is 12.7. The van der Waals surface area contributed by atoms with E-state index in [1.165, 1.54) is 0 Å². The maximum Gasteiger partial charge on any atom is 0.328 e. The lowest BCUT2D eigenvalue weighted by Gasteiger charge is -2.31. The summed E-state index contributed by atoms with van der Waals surface area (Å²) >= 11 is 0. The van der Waals surface area contributed by atoms with Gasteiger partial charge < -0.3 is 9.47 Å². The zero-order valence-corrected chi connectivity index (χ0v) is 14.7. The lowest BCUT2D eigenvalue weighted by atomic mass is 10.0. The highest BCUT2D eigenvalue weighted by atomic mass is 16.6. The van der Waals surface area contributed by atoms with Crippen LogP contribution < -0.4 is 0 Å². The first-order valence-electron chi connectivity index (χ1n) is 7.96. The van der Waals surface area contributed by atoms with E-state index in [-0.39, 0.29) is 18.5 Å². The van der Waals surface area contributed by atoms with E-state index in [0.717, 1.165) is 5.56 Å². The lowest BCUT2D eigenvalue weighted by molar-refractivity contribution is -0.163. The van der Waals surface area contributed by atoms with Crippen LogP contribution in [0.2, 0.25) is 0 Å². The van der Waals surface area contributed by atoms with Crippen LogP contribution in [-0.4, -0.2) is 42.1 Å². The highest BCUT2D eigenvalue weighted by Gasteiger charge is 2.32. The van der Waals surface area contributed by atoms with E-state index in [9.17, 15) is 9.59 Å². The Balaban J connectivity index is 3.06. The monoisotopic (exact) mass is 321 g/mol. The Kier molecular flexibility index (Phi) is 7.23. The van der Waals surface area contributed by atoms with Gasteiger partial charge in [-0.25, -0.2) is 4.79 Å². The summed E-state index contributed by atoms with van der Waals surface area (Å²) in [6, 6.07) is 8.71. The van der Waals surface area contributed by atoms with Crippen molar-refractivity contribution >= 4 is 11.9 Å². The van der Waals surface area contributed by atoms with Gasteiger partial charge in [0.05, 0.1) is 13.2 Å². The topological polar surface area (TPSA) is 55.8 Å². The van der Waals surface area contributed by atoms with Crippen molar-refractivity contribution in [3.63, 3.8) is 0 Å². The van der Waals surface area contributed by atoms with Crippen LogP contribution in [-0.2, 0) is 19.1 Å². The summed E-state index contributed by atoms with van der Waals surface area (Å²) in [4.78, 5) is 26.3. The summed E-state index contributed by atoms with van der Waals surface area (Å²) in [6.07, 6.45) is 0. The van der Waals surface area contributed by atoms with Gasteiger partial charge >= 0.3 is 11.9 Å². The molecule has 0 aliphatic carbocycles. The maximum absolute atomic E-state index is 12.7. The standard InChI is InChI=1S/C18H27NO4/c1-6-19(13-15(20)22-7-2)16(14-11-9-8-10-12-14)17(21)23-18(3,4)5/h8-12,16H,6-7,13H2,1-5H3. The average molecular weight is 321 g/mol. The molecule has 23 heavy (non-hydrogen) atoms. The van der Waals surface area contributed by atoms with Gasteiger partial charge in [0.1, 0.15) is 11.6 Å². The summed E-state index contributed by atoms with van der Waals surface area (Å²) in [5.41, 5.74) is 0.209. The Labute approximate surface area is 138 Å². The third kappa shape index (κ3) is 6.40. The minimum absolute atomic E-state index is 0.0448. The Morgan fingerprint density at radius 2 is 1.74 bits per heavy atom. The third-order valence-electron chi connectivity index (χ3n) is 3.15. The van der Waals surface area contributed by atoms with Gasteiger partial charge in [0.15, 0.2) is 0 Å². The molecule has 0 bridgehead atoms. The van der Waals surface area contributed by atoms with E-state index < -0.39 is 11.6 Å². The number of rotatable bonds is 7. The summed E-state index contributed by atoms with van der Waals surface area (Å²) in [7, 11) is 0. The number of hydrogen-bond acceptors (Lipinski definition) is 5. The molecular weight excluding hydrogens is 294 g/mol. The van der Waals surface area contributed by atoms with Gasteiger partial charge in [0, 0.05) is 0 Å². The zero-order valence-electron chi connectivity index (χ0n) is 14.7. The molecule has 0 aromatic heterocycles. The molecule has 0 fully saturated rings. The van der Waals surface area contributed by atoms with Gasteiger partial charge in [-0.15, -0.1) is 0 Å². The largest absolute Gasteiger partial charge is 0.465 e. The fourth-order valence-electron chi connectivity index (χ4n) is 2.25. The van der Waals surface area contributed by atoms with Crippen LogP contribution in [0.4, 0.5) is 0 Å². The molecule has 1 aromatic carbocycles. The van der Waals surface area contributed by atoms with Crippen LogP contribution in [0.1, 0.15) is 46.2 Å². The van der Waals surface area contributed by atoms with E-state index in [1.54, 1.807) is 11.8 Å². The molecule has 0 amide bonds. The molecule has 1 aromatic rings. The van der Waals surface area contributed by atoms with Crippen LogP contribution in [0.15, 0.2) is 30.3 Å². The number of ether oxygens (including phenoxy) is 2. The van der Waals surface area contributed by atoms with E-state index in [1.807, 2.05) is 58.0 Å². The van der Waals surface area contributed by atoms with E-state index >= 15 is 0 Å². The molecule has 0 spiro atoms. The molecule has 0 saturated carbocycles. The predicted octanol–water partition coefficient (Wildman–Crippen LogP) is 2.95. The molecule has 0 saturated heterocycles. The number of likely N-dealkylation sites (N-methyl/N-ethyl adjacent to an activating group) is 1. The van der Waals surface area contributed by atoms with Crippen molar-refractivity contribution in [3.8, 4) is 0 Å². The SMILES string of the molecule is CCOC(=O)CN(CC)C(C(=O)OC(C)(C)C)c1ccccc1. The van der Waals surface area contributed by atoms with Crippen LogP contribution >= 0.6 is 0 Å². The smallest absolute Gasteiger partial charge is 0.328 e. The molecule has 5 nitrogen and oxygen atoms in total. The van der Waals surface area contributed by atoms with Crippen molar-refractivity contribution in [3.05, 3.63) is 35.9 Å². The molecule has 0 N–H and O–H groups in total. The second-order valence-electron chi connectivity index (χ2n) is 6.21. The van der Waals surface area contributed by atoms with Crippen molar-refractivity contribution < 1.29 is 19.1 Å². The van der Waals surface area contributed by atoms with E-state index in [4.69, 9.17) is 9.47 Å². The summed E-state index contributed by atoms with van der Waals surface area (Å²) in [5.74, 6) is -0.714. The molecular formula is C18H27NO4. The minimum Gasteiger partial charge on any atom is -0.465 e. The van der Waals surface area contributed by atoms with E-state index in [2.05, 4.69) is 0 Å². The number of hydrogen-bond donors (Lipinski definition) is 0. The molecule has 1 atom stereocenters. The molecule has 1 unspecified atom stereocenters. The normalized spacial score (nSPS) is 12.8. The van der Waals surface area contributed by atoms with Crippen LogP contribution in [0.25, 0.3) is 0 Å². The third-order valence-corrected chi connectivity index (χ3v) is 3.15. The first-order chi connectivity index (χ1) is 10.8. The average Bonchev–Trinajstić information content (AvgIpc) is 2.46. The second kappa shape index (κ2) is 8.67. The van der Waals surface area contributed by atoms with Gasteiger partial charge in [-0.2, -0.15) is 0 Å². The lowest BCUT2D eigenvalue weighted by Crippen LogP contribution is -2.41. The first-order valence-corrected chi connectivity index (χ1v) is 7.96. The van der Waals surface area contributed by atoms with Gasteiger partial charge in [0.2, 0.25) is 0 Å². The Hall–Kier alpha value is -1.88. The molecule has 0 aliphatic rings. The van der Waals surface area contributed by atoms with Crippen LogP contribution in [0, 0.1) is 0 Å². The quantitative estimate of drug-likeness (QED) is 0.723. The van der Waals surface area contributed by atoms with Gasteiger partial charge in [-0.3, -0.25) is 9.69 Å². The minimum atomic E-state index is -0.634. The number of esters is 2. The van der Waals surface area contributed by atoms with Crippen molar-refractivity contribution in [1.29, 1.82) is 0 Å². The molecule has 5 heteroatoms. The second-order valence-corrected chi connectivity index (χ2v) is 6.21. The number of nitrogens with zero attached hydrogens (tertiary/aromatic N) is 1. The first kappa shape index (κ1) is 19.2. The Morgan fingerprint density at radius 3 is 2.22 bits per heavy atom. The van der Waals surface area contributed by atoms with Gasteiger partial charge in [-0.1, -0.05) is 37.3 Å². The summed E-state index contributed by atoms with van der Waals surface area (Å²) in [5, 5.41) is 0. The Morgan fingerprint density at radius 1 is 1.13 bits per heavy atom. The van der Waals surface area contributed by atoms with E-state index in [0.29, 0.717) is 13.2 Å². The van der Waals surface area contributed by atoms with Crippen molar-refractivity contribution in [2.24, 2.45) is 0 Å². The zero-order chi connectivity index (χ0) is 17.5. The molecule has 0 radical (unpaired) electrons. The number of benzene rings is 1. The molecule has 0 aliphatic heterocycles. The molecule has 128 valence electrons. The Bertz CT molecular complexity index is 508. The molecule has 1 rings (SSSR count). The summed E-state index contributed by atoms with van der Waals surface area (Å²) < 4.78 is 10.6. The predicted molar refractivity (Wildman–Crippen MR) is 88.9 cm³/mol. The van der Waals surface area contributed by atoms with Crippen molar-refractivity contribution in [2.75, 3.05) is 19.7 Å². The van der Waals surface area contributed by atoms with Crippen molar-refractivity contribution in [1.82, 2.24) is 4.90 Å². The number of carbonyl (C=O) groups excluding carboxylic acids is 2. The highest BCUT2D eigenvalue weighted by Crippen LogP contribution is 2.24. The van der Waals surface area contributed by atoms with Crippen LogP contribution in [0.3, 0.4) is 0 Å². The molecule has 0 heterocycles. The van der Waals surface area contributed by atoms with Crippen LogP contribution in [0.5, 0.6) is 0 Å². The van der Waals surface area contributed by atoms with Crippen molar-refractivity contribution in [2.45, 2.75) is 46.3 Å². The van der Waals surface area contributed by atoms with Gasteiger partial charge in [0.25, 0.3) is 0 Å². The fourth-order valence-corrected chi connectivity index (χ4v) is 2.25. The van der Waals surface area contributed by atoms with Gasteiger partial charge in [-0.05, 0) is 39.8 Å². The highest BCUT2D eigenvalue weighted by molar-refractivity contribution is 5.79.